The molecule has 1 heterocycles. The van der Waals surface area contributed by atoms with Crippen LogP contribution < -0.4 is 9.47 Å². The van der Waals surface area contributed by atoms with Gasteiger partial charge in [-0.25, -0.2) is 4.98 Å². The second-order valence-corrected chi connectivity index (χ2v) is 7.62. The van der Waals surface area contributed by atoms with E-state index in [1.165, 1.54) is 0 Å². The third-order valence-corrected chi connectivity index (χ3v) is 4.17. The summed E-state index contributed by atoms with van der Waals surface area (Å²) in [4.78, 5) is 4.65. The van der Waals surface area contributed by atoms with Crippen LogP contribution in [0.1, 0.15) is 31.9 Å². The molecule has 0 bridgehead atoms. The SMILES string of the molecule is COc1ccc(Cl)c(C#Cc2ccccc2-c2cccc(OC(C)(C)C)n2)c1. The minimum absolute atomic E-state index is 0.311. The number of methoxy groups -OCH3 is 1. The van der Waals surface area contributed by atoms with Gasteiger partial charge in [0.2, 0.25) is 5.88 Å². The molecule has 0 amide bonds. The first-order valence-electron chi connectivity index (χ1n) is 8.97. The fourth-order valence-corrected chi connectivity index (χ4v) is 2.78. The number of ether oxygens (including phenoxy) is 2. The summed E-state index contributed by atoms with van der Waals surface area (Å²) in [7, 11) is 1.62. The zero-order chi connectivity index (χ0) is 20.1. The minimum atomic E-state index is -0.311. The number of rotatable bonds is 3. The predicted octanol–water partition coefficient (Wildman–Crippen LogP) is 5.99. The monoisotopic (exact) mass is 391 g/mol. The van der Waals surface area contributed by atoms with Crippen molar-refractivity contribution in [2.24, 2.45) is 0 Å². The number of aromatic nitrogens is 1. The Bertz CT molecular complexity index is 1040. The highest BCUT2D eigenvalue weighted by atomic mass is 35.5. The Balaban J connectivity index is 1.99. The van der Waals surface area contributed by atoms with Crippen LogP contribution in [0.5, 0.6) is 11.6 Å². The van der Waals surface area contributed by atoms with Crippen LogP contribution in [0.15, 0.2) is 60.7 Å². The van der Waals surface area contributed by atoms with Crippen LogP contribution in [0.4, 0.5) is 0 Å². The average Bonchev–Trinajstić information content (AvgIpc) is 2.66. The fraction of sp³-hybridized carbons (Fsp3) is 0.208. The van der Waals surface area contributed by atoms with Gasteiger partial charge in [-0.1, -0.05) is 47.7 Å². The molecule has 0 saturated heterocycles. The van der Waals surface area contributed by atoms with Gasteiger partial charge in [-0.05, 0) is 51.1 Å². The Labute approximate surface area is 171 Å². The van der Waals surface area contributed by atoms with E-state index in [1.807, 2.05) is 75.4 Å². The van der Waals surface area contributed by atoms with Gasteiger partial charge in [-0.3, -0.25) is 0 Å². The van der Waals surface area contributed by atoms with Gasteiger partial charge in [0.15, 0.2) is 0 Å². The lowest BCUT2D eigenvalue weighted by atomic mass is 10.0. The molecule has 0 aliphatic carbocycles. The number of pyridine rings is 1. The summed E-state index contributed by atoms with van der Waals surface area (Å²) in [5.74, 6) is 7.67. The lowest BCUT2D eigenvalue weighted by molar-refractivity contribution is 0.124. The molecule has 0 N–H and O–H groups in total. The second kappa shape index (κ2) is 8.37. The van der Waals surface area contributed by atoms with E-state index < -0.39 is 0 Å². The van der Waals surface area contributed by atoms with Crippen molar-refractivity contribution in [1.29, 1.82) is 0 Å². The van der Waals surface area contributed by atoms with Crippen LogP contribution in [0.3, 0.4) is 0 Å². The molecule has 142 valence electrons. The lowest BCUT2D eigenvalue weighted by Gasteiger charge is -2.20. The summed E-state index contributed by atoms with van der Waals surface area (Å²) in [6.45, 7) is 6.00. The zero-order valence-electron chi connectivity index (χ0n) is 16.4. The first-order chi connectivity index (χ1) is 13.4. The van der Waals surface area contributed by atoms with Crippen LogP contribution in [-0.4, -0.2) is 17.7 Å². The standard InChI is InChI=1S/C24H22ClNO2/c1-24(2,3)28-23-11-7-10-22(26-23)20-9-6-5-8-17(20)12-13-18-16-19(27-4)14-15-21(18)25/h5-11,14-16H,1-4H3. The molecule has 4 heteroatoms. The molecule has 0 aliphatic rings. The van der Waals surface area contributed by atoms with Crippen LogP contribution >= 0.6 is 11.6 Å². The van der Waals surface area contributed by atoms with Gasteiger partial charge < -0.3 is 9.47 Å². The van der Waals surface area contributed by atoms with Gasteiger partial charge in [-0.2, -0.15) is 0 Å². The third kappa shape index (κ3) is 5.06. The summed E-state index contributed by atoms with van der Waals surface area (Å²) < 4.78 is 11.2. The summed E-state index contributed by atoms with van der Waals surface area (Å²) in [6, 6.07) is 19.1. The molecule has 1 aromatic heterocycles. The van der Waals surface area contributed by atoms with Gasteiger partial charge >= 0.3 is 0 Å². The molecule has 0 radical (unpaired) electrons. The van der Waals surface area contributed by atoms with Gasteiger partial charge in [-0.15, -0.1) is 0 Å². The van der Waals surface area contributed by atoms with Crippen LogP contribution in [0, 0.1) is 11.8 Å². The van der Waals surface area contributed by atoms with Crippen LogP contribution in [-0.2, 0) is 0 Å². The molecule has 0 fully saturated rings. The Morgan fingerprint density at radius 2 is 1.64 bits per heavy atom. The van der Waals surface area contributed by atoms with E-state index in [2.05, 4.69) is 16.8 Å². The number of hydrogen-bond acceptors (Lipinski definition) is 3. The van der Waals surface area contributed by atoms with Gasteiger partial charge in [0.1, 0.15) is 11.4 Å². The van der Waals surface area contributed by atoms with Crippen LogP contribution in [0.2, 0.25) is 5.02 Å². The summed E-state index contributed by atoms with van der Waals surface area (Å²) in [6.07, 6.45) is 0. The van der Waals surface area contributed by atoms with Crippen molar-refractivity contribution >= 4 is 11.6 Å². The van der Waals surface area contributed by atoms with Gasteiger partial charge in [0.05, 0.1) is 17.8 Å². The molecule has 3 nitrogen and oxygen atoms in total. The van der Waals surface area contributed by atoms with E-state index in [-0.39, 0.29) is 5.60 Å². The van der Waals surface area contributed by atoms with E-state index in [4.69, 9.17) is 21.1 Å². The smallest absolute Gasteiger partial charge is 0.214 e. The number of halogens is 1. The largest absolute Gasteiger partial charge is 0.497 e. The average molecular weight is 392 g/mol. The quantitative estimate of drug-likeness (QED) is 0.514. The Kier molecular flexibility index (Phi) is 5.92. The Hall–Kier alpha value is -2.96. The van der Waals surface area contributed by atoms with E-state index in [1.54, 1.807) is 13.2 Å². The summed E-state index contributed by atoms with van der Waals surface area (Å²) in [5.41, 5.74) is 3.01. The topological polar surface area (TPSA) is 31.4 Å². The Morgan fingerprint density at radius 3 is 2.39 bits per heavy atom. The minimum Gasteiger partial charge on any atom is -0.497 e. The maximum absolute atomic E-state index is 6.27. The van der Waals surface area contributed by atoms with Crippen molar-refractivity contribution < 1.29 is 9.47 Å². The van der Waals surface area contributed by atoms with Crippen molar-refractivity contribution in [3.63, 3.8) is 0 Å². The highest BCUT2D eigenvalue weighted by molar-refractivity contribution is 6.31. The van der Waals surface area contributed by atoms with Crippen molar-refractivity contribution in [1.82, 2.24) is 4.98 Å². The zero-order valence-corrected chi connectivity index (χ0v) is 17.2. The molecule has 0 atom stereocenters. The molecule has 0 saturated carbocycles. The van der Waals surface area contributed by atoms with Crippen molar-refractivity contribution in [3.8, 4) is 34.7 Å². The lowest BCUT2D eigenvalue weighted by Crippen LogP contribution is -2.23. The second-order valence-electron chi connectivity index (χ2n) is 7.22. The summed E-state index contributed by atoms with van der Waals surface area (Å²) >= 11 is 6.27. The van der Waals surface area contributed by atoms with Crippen molar-refractivity contribution in [2.45, 2.75) is 26.4 Å². The normalized spacial score (nSPS) is 10.8. The fourth-order valence-electron chi connectivity index (χ4n) is 2.61. The molecular weight excluding hydrogens is 370 g/mol. The first kappa shape index (κ1) is 19.8. The first-order valence-corrected chi connectivity index (χ1v) is 9.34. The maximum Gasteiger partial charge on any atom is 0.214 e. The highest BCUT2D eigenvalue weighted by Gasteiger charge is 2.13. The molecule has 0 unspecified atom stereocenters. The molecule has 28 heavy (non-hydrogen) atoms. The van der Waals surface area contributed by atoms with Crippen molar-refractivity contribution in [2.75, 3.05) is 7.11 Å². The van der Waals surface area contributed by atoms with Gasteiger partial charge in [0, 0.05) is 22.8 Å². The highest BCUT2D eigenvalue weighted by Crippen LogP contribution is 2.26. The Morgan fingerprint density at radius 1 is 0.893 bits per heavy atom. The third-order valence-electron chi connectivity index (χ3n) is 3.84. The van der Waals surface area contributed by atoms with Gasteiger partial charge in [0.25, 0.3) is 0 Å². The van der Waals surface area contributed by atoms with Crippen LogP contribution in [0.25, 0.3) is 11.3 Å². The molecule has 2 aromatic carbocycles. The van der Waals surface area contributed by atoms with Crippen molar-refractivity contribution in [3.05, 3.63) is 76.8 Å². The molecule has 0 spiro atoms. The summed E-state index contributed by atoms with van der Waals surface area (Å²) in [5, 5.41) is 0.587. The maximum atomic E-state index is 6.27. The molecule has 0 aliphatic heterocycles. The van der Waals surface area contributed by atoms with E-state index in [9.17, 15) is 0 Å². The predicted molar refractivity (Wildman–Crippen MR) is 114 cm³/mol. The van der Waals surface area contributed by atoms with E-state index >= 15 is 0 Å². The van der Waals surface area contributed by atoms with E-state index in [0.29, 0.717) is 16.5 Å². The molecule has 3 aromatic rings. The molecular formula is C24H22ClNO2. The number of benzene rings is 2. The number of nitrogens with zero attached hydrogens (tertiary/aromatic N) is 1. The van der Waals surface area contributed by atoms with E-state index in [0.717, 1.165) is 22.6 Å². The molecule has 3 rings (SSSR count). The number of hydrogen-bond donors (Lipinski definition) is 0.